The van der Waals surface area contributed by atoms with Crippen LogP contribution in [-0.4, -0.2) is 26.6 Å². The van der Waals surface area contributed by atoms with Gasteiger partial charge in [-0.25, -0.2) is 4.39 Å². The van der Waals surface area contributed by atoms with E-state index in [9.17, 15) is 9.59 Å². The minimum Gasteiger partial charge on any atom is -0.457 e. The number of nitrogens with two attached hydrogens (primary N) is 1. The molecule has 9 heteroatoms. The summed E-state index contributed by atoms with van der Waals surface area (Å²) in [6.45, 7) is 1.91. The number of carbonyl (C=O) groups excluding carboxylic acids is 2. The minimum atomic E-state index is -1.31. The Hall–Kier alpha value is -4.53. The first-order valence-electron chi connectivity index (χ1n) is 11.4. The third-order valence-corrected chi connectivity index (χ3v) is 6.25. The van der Waals surface area contributed by atoms with Crippen LogP contribution in [0, 0.1) is 18.2 Å². The monoisotopic (exact) mass is 485 g/mol. The largest absolute Gasteiger partial charge is 0.457 e. The molecule has 1 fully saturated rings. The number of pyridine rings is 1. The van der Waals surface area contributed by atoms with Crippen molar-refractivity contribution in [2.45, 2.75) is 19.8 Å². The van der Waals surface area contributed by atoms with Crippen molar-refractivity contribution in [3.05, 3.63) is 84.6 Å². The zero-order valence-electron chi connectivity index (χ0n) is 19.8. The summed E-state index contributed by atoms with van der Waals surface area (Å²) in [6, 6.07) is 14.7. The standard InChI is InChI=1S/C27H24FN5O3/c1-17-3-5-19(6-4-17)33(26(35)27(10-11-27)25(29)34)24-8-7-20(13-22(24)28)36-21-9-12-30-23(14-21)18-15-31-32(2)16-18/h3-9,12-16H,10-11H2,1-2H3,(H2,29,34). The molecule has 2 amide bonds. The van der Waals surface area contributed by atoms with Crippen LogP contribution in [0.15, 0.2) is 73.2 Å². The molecule has 0 atom stereocenters. The predicted molar refractivity (Wildman–Crippen MR) is 132 cm³/mol. The molecule has 2 aromatic carbocycles. The van der Waals surface area contributed by atoms with Crippen LogP contribution < -0.4 is 15.4 Å². The Morgan fingerprint density at radius 1 is 1.08 bits per heavy atom. The molecular formula is C27H24FN5O3. The van der Waals surface area contributed by atoms with Crippen molar-refractivity contribution in [1.29, 1.82) is 0 Å². The summed E-state index contributed by atoms with van der Waals surface area (Å²) < 4.78 is 23.0. The lowest BCUT2D eigenvalue weighted by Crippen LogP contribution is -2.41. The van der Waals surface area contributed by atoms with Gasteiger partial charge in [-0.2, -0.15) is 5.10 Å². The Labute approximate surface area is 207 Å². The molecule has 36 heavy (non-hydrogen) atoms. The fourth-order valence-corrected chi connectivity index (χ4v) is 4.02. The molecule has 1 aliphatic rings. The van der Waals surface area contributed by atoms with Crippen molar-refractivity contribution in [1.82, 2.24) is 14.8 Å². The van der Waals surface area contributed by atoms with Crippen molar-refractivity contribution < 1.29 is 18.7 Å². The van der Waals surface area contributed by atoms with Crippen LogP contribution in [0.25, 0.3) is 11.3 Å². The van der Waals surface area contributed by atoms with Crippen LogP contribution in [0.1, 0.15) is 18.4 Å². The number of hydrogen-bond acceptors (Lipinski definition) is 5. The molecule has 0 saturated heterocycles. The highest BCUT2D eigenvalue weighted by Crippen LogP contribution is 2.49. The van der Waals surface area contributed by atoms with Gasteiger partial charge >= 0.3 is 0 Å². The average Bonchev–Trinajstić information content (AvgIpc) is 3.57. The number of rotatable bonds is 7. The molecule has 0 aliphatic heterocycles. The number of aromatic nitrogens is 3. The zero-order chi connectivity index (χ0) is 25.4. The highest BCUT2D eigenvalue weighted by atomic mass is 19.1. The van der Waals surface area contributed by atoms with Crippen LogP contribution in [-0.2, 0) is 16.6 Å². The smallest absolute Gasteiger partial charge is 0.247 e. The summed E-state index contributed by atoms with van der Waals surface area (Å²) in [7, 11) is 1.81. The van der Waals surface area contributed by atoms with Gasteiger partial charge in [0.05, 0.1) is 17.6 Å². The Morgan fingerprint density at radius 3 is 2.42 bits per heavy atom. The van der Waals surface area contributed by atoms with Crippen LogP contribution in [0.3, 0.4) is 0 Å². The second-order valence-corrected chi connectivity index (χ2v) is 8.92. The van der Waals surface area contributed by atoms with E-state index in [0.29, 0.717) is 30.0 Å². The van der Waals surface area contributed by atoms with Gasteiger partial charge < -0.3 is 10.5 Å². The normalized spacial score (nSPS) is 13.8. The van der Waals surface area contributed by atoms with E-state index >= 15 is 4.39 Å². The molecule has 0 bridgehead atoms. The molecule has 5 rings (SSSR count). The first-order valence-corrected chi connectivity index (χ1v) is 11.4. The van der Waals surface area contributed by atoms with E-state index in [2.05, 4.69) is 10.1 Å². The number of hydrogen-bond donors (Lipinski definition) is 1. The molecule has 2 N–H and O–H groups in total. The Kier molecular flexibility index (Phi) is 5.75. The van der Waals surface area contributed by atoms with Crippen molar-refractivity contribution in [2.75, 3.05) is 4.90 Å². The van der Waals surface area contributed by atoms with Crippen molar-refractivity contribution in [3.63, 3.8) is 0 Å². The van der Waals surface area contributed by atoms with Crippen molar-refractivity contribution >= 4 is 23.2 Å². The van der Waals surface area contributed by atoms with Gasteiger partial charge in [0.15, 0.2) is 5.82 Å². The summed E-state index contributed by atoms with van der Waals surface area (Å²) in [5.41, 5.74) is 7.15. The molecule has 4 aromatic rings. The lowest BCUT2D eigenvalue weighted by Gasteiger charge is -2.27. The molecule has 1 aliphatic carbocycles. The third kappa shape index (κ3) is 4.31. The average molecular weight is 486 g/mol. The zero-order valence-corrected chi connectivity index (χ0v) is 19.8. The maximum atomic E-state index is 15.5. The second-order valence-electron chi connectivity index (χ2n) is 8.92. The van der Waals surface area contributed by atoms with Crippen molar-refractivity contribution in [2.24, 2.45) is 18.2 Å². The van der Waals surface area contributed by atoms with Crippen LogP contribution >= 0.6 is 0 Å². The van der Waals surface area contributed by atoms with Gasteiger partial charge in [0, 0.05) is 42.8 Å². The first kappa shape index (κ1) is 23.2. The molecule has 0 spiro atoms. The lowest BCUT2D eigenvalue weighted by molar-refractivity contribution is -0.133. The topological polar surface area (TPSA) is 103 Å². The molecule has 0 unspecified atom stereocenters. The second kappa shape index (κ2) is 8.92. The molecule has 1 saturated carbocycles. The highest BCUT2D eigenvalue weighted by Gasteiger charge is 2.57. The summed E-state index contributed by atoms with van der Waals surface area (Å²) in [5, 5.41) is 4.15. The van der Waals surface area contributed by atoms with E-state index in [0.717, 1.165) is 11.1 Å². The number of carbonyl (C=O) groups is 2. The number of amides is 2. The van der Waals surface area contributed by atoms with E-state index in [-0.39, 0.29) is 11.4 Å². The number of aryl methyl sites for hydroxylation is 2. The van der Waals surface area contributed by atoms with Gasteiger partial charge in [-0.15, -0.1) is 0 Å². The third-order valence-electron chi connectivity index (χ3n) is 6.25. The molecule has 182 valence electrons. The summed E-state index contributed by atoms with van der Waals surface area (Å²) in [4.78, 5) is 31.1. The van der Waals surface area contributed by atoms with E-state index in [4.69, 9.17) is 10.5 Å². The van der Waals surface area contributed by atoms with Crippen LogP contribution in [0.4, 0.5) is 15.8 Å². The van der Waals surface area contributed by atoms with Gasteiger partial charge in [-0.05, 0) is 50.1 Å². The molecular weight excluding hydrogens is 461 g/mol. The molecule has 2 aromatic heterocycles. The van der Waals surface area contributed by atoms with Crippen molar-refractivity contribution in [3.8, 4) is 22.8 Å². The van der Waals surface area contributed by atoms with Crippen LogP contribution in [0.5, 0.6) is 11.5 Å². The maximum absolute atomic E-state index is 15.5. The fraction of sp³-hybridized carbons (Fsp3) is 0.185. The quantitative estimate of drug-likeness (QED) is 0.384. The fourth-order valence-electron chi connectivity index (χ4n) is 4.02. The number of nitrogens with zero attached hydrogens (tertiary/aromatic N) is 4. The van der Waals surface area contributed by atoms with Crippen LogP contribution in [0.2, 0.25) is 0 Å². The van der Waals surface area contributed by atoms with E-state index < -0.39 is 23.0 Å². The van der Waals surface area contributed by atoms with E-state index in [1.54, 1.807) is 47.4 Å². The SMILES string of the molecule is Cc1ccc(N(C(=O)C2(C(N)=O)CC2)c2ccc(Oc3ccnc(-c4cnn(C)c4)c3)cc2F)cc1. The summed E-state index contributed by atoms with van der Waals surface area (Å²) >= 11 is 0. The number of anilines is 2. The maximum Gasteiger partial charge on any atom is 0.247 e. The number of halogens is 1. The summed E-state index contributed by atoms with van der Waals surface area (Å²) in [6.07, 6.45) is 5.80. The van der Waals surface area contributed by atoms with Gasteiger partial charge in [0.1, 0.15) is 16.9 Å². The van der Waals surface area contributed by atoms with E-state index in [1.807, 2.05) is 32.3 Å². The number of primary amides is 1. The van der Waals surface area contributed by atoms with Gasteiger partial charge in [-0.1, -0.05) is 17.7 Å². The molecule has 8 nitrogen and oxygen atoms in total. The molecule has 0 radical (unpaired) electrons. The number of benzene rings is 2. The summed E-state index contributed by atoms with van der Waals surface area (Å²) in [5.74, 6) is -1.21. The Bertz CT molecular complexity index is 1460. The minimum absolute atomic E-state index is 0.00880. The Balaban J connectivity index is 1.46. The van der Waals surface area contributed by atoms with Gasteiger partial charge in [0.25, 0.3) is 0 Å². The van der Waals surface area contributed by atoms with Gasteiger partial charge in [-0.3, -0.25) is 24.2 Å². The number of ether oxygens (including phenoxy) is 1. The predicted octanol–water partition coefficient (Wildman–Crippen LogP) is 4.65. The Morgan fingerprint density at radius 2 is 1.81 bits per heavy atom. The van der Waals surface area contributed by atoms with Gasteiger partial charge in [0.2, 0.25) is 11.8 Å². The molecule has 2 heterocycles. The first-order chi connectivity index (χ1) is 17.3. The lowest BCUT2D eigenvalue weighted by atomic mass is 10.0. The highest BCUT2D eigenvalue weighted by molar-refractivity contribution is 6.16. The van der Waals surface area contributed by atoms with E-state index in [1.165, 1.54) is 17.0 Å².